The number of ketones is 1. The minimum atomic E-state index is -0.421. The van der Waals surface area contributed by atoms with Crippen LogP contribution in [-0.2, 0) is 9.53 Å². The summed E-state index contributed by atoms with van der Waals surface area (Å²) >= 11 is 0. The Morgan fingerprint density at radius 2 is 1.78 bits per heavy atom. The van der Waals surface area contributed by atoms with Gasteiger partial charge in [0.1, 0.15) is 6.10 Å². The minimum Gasteiger partial charge on any atom is -0.442 e. The Labute approximate surface area is 158 Å². The zero-order chi connectivity index (χ0) is 19.2. The second-order valence-corrected chi connectivity index (χ2v) is 6.49. The van der Waals surface area contributed by atoms with Gasteiger partial charge in [0.2, 0.25) is 5.91 Å². The molecule has 1 aliphatic heterocycles. The Bertz CT molecular complexity index is 835. The smallest absolute Gasteiger partial charge is 0.414 e. The molecule has 2 amide bonds. The molecule has 0 saturated carbocycles. The van der Waals surface area contributed by atoms with Crippen LogP contribution >= 0.6 is 0 Å². The summed E-state index contributed by atoms with van der Waals surface area (Å²) < 4.78 is 5.29. The van der Waals surface area contributed by atoms with Crippen LogP contribution in [0.5, 0.6) is 0 Å². The Kier molecular flexibility index (Phi) is 5.86. The first-order valence-corrected chi connectivity index (χ1v) is 8.93. The van der Waals surface area contributed by atoms with E-state index in [0.29, 0.717) is 12.1 Å². The van der Waals surface area contributed by atoms with Crippen LogP contribution in [0, 0.1) is 6.92 Å². The summed E-state index contributed by atoms with van der Waals surface area (Å²) in [6, 6.07) is 16.6. The van der Waals surface area contributed by atoms with E-state index in [1.54, 1.807) is 11.0 Å². The molecule has 0 radical (unpaired) electrons. The third kappa shape index (κ3) is 4.73. The normalized spacial score (nSPS) is 16.1. The zero-order valence-electron chi connectivity index (χ0n) is 15.2. The minimum absolute atomic E-state index is 0.0502. The molecule has 0 aromatic heterocycles. The number of benzene rings is 2. The van der Waals surface area contributed by atoms with Crippen LogP contribution in [0.4, 0.5) is 10.5 Å². The van der Waals surface area contributed by atoms with Crippen LogP contribution in [0.2, 0.25) is 0 Å². The van der Waals surface area contributed by atoms with Gasteiger partial charge in [-0.1, -0.05) is 42.5 Å². The molecule has 2 aromatic carbocycles. The standard InChI is InChI=1S/C21H22N2O4/c1-15-7-5-6-10-18(15)19(24)11-12-20(25)22-13-17-14-23(21(26)27-17)16-8-3-2-4-9-16/h2-10,17H,11-14H2,1H3,(H,22,25). The van der Waals surface area contributed by atoms with Gasteiger partial charge in [-0.15, -0.1) is 0 Å². The number of nitrogens with one attached hydrogen (secondary N) is 1. The van der Waals surface area contributed by atoms with E-state index in [1.807, 2.05) is 55.5 Å². The molecule has 1 unspecified atom stereocenters. The topological polar surface area (TPSA) is 75.7 Å². The fourth-order valence-corrected chi connectivity index (χ4v) is 3.01. The van der Waals surface area contributed by atoms with Crippen LogP contribution in [-0.4, -0.2) is 37.0 Å². The van der Waals surface area contributed by atoms with E-state index in [9.17, 15) is 14.4 Å². The predicted molar refractivity (Wildman–Crippen MR) is 102 cm³/mol. The SMILES string of the molecule is Cc1ccccc1C(=O)CCC(=O)NCC1CN(c2ccccc2)C(=O)O1. The van der Waals surface area contributed by atoms with Crippen molar-refractivity contribution in [1.82, 2.24) is 5.32 Å². The fourth-order valence-electron chi connectivity index (χ4n) is 3.01. The van der Waals surface area contributed by atoms with Gasteiger partial charge in [-0.2, -0.15) is 0 Å². The number of rotatable bonds is 7. The van der Waals surface area contributed by atoms with Gasteiger partial charge in [0.15, 0.2) is 5.78 Å². The molecule has 6 heteroatoms. The van der Waals surface area contributed by atoms with Crippen molar-refractivity contribution in [1.29, 1.82) is 0 Å². The number of amides is 2. The fraction of sp³-hybridized carbons (Fsp3) is 0.286. The van der Waals surface area contributed by atoms with Crippen LogP contribution in [0.3, 0.4) is 0 Å². The third-order valence-corrected chi connectivity index (χ3v) is 4.49. The summed E-state index contributed by atoms with van der Waals surface area (Å²) in [7, 11) is 0. The van der Waals surface area contributed by atoms with Crippen molar-refractivity contribution < 1.29 is 19.1 Å². The van der Waals surface area contributed by atoms with E-state index < -0.39 is 12.2 Å². The van der Waals surface area contributed by atoms with Crippen molar-refractivity contribution in [2.45, 2.75) is 25.9 Å². The number of nitrogens with zero attached hydrogens (tertiary/aromatic N) is 1. The highest BCUT2D eigenvalue weighted by atomic mass is 16.6. The van der Waals surface area contributed by atoms with Gasteiger partial charge >= 0.3 is 6.09 Å². The van der Waals surface area contributed by atoms with E-state index in [4.69, 9.17) is 4.74 Å². The van der Waals surface area contributed by atoms with Gasteiger partial charge in [0.05, 0.1) is 13.1 Å². The largest absolute Gasteiger partial charge is 0.442 e. The van der Waals surface area contributed by atoms with E-state index in [2.05, 4.69) is 5.32 Å². The number of hydrogen-bond acceptors (Lipinski definition) is 4. The number of carbonyl (C=O) groups is 3. The lowest BCUT2D eigenvalue weighted by Gasteiger charge is -2.12. The van der Waals surface area contributed by atoms with Gasteiger partial charge in [-0.05, 0) is 24.6 Å². The average molecular weight is 366 g/mol. The van der Waals surface area contributed by atoms with Crippen molar-refractivity contribution in [3.8, 4) is 0 Å². The Morgan fingerprint density at radius 3 is 2.52 bits per heavy atom. The van der Waals surface area contributed by atoms with Gasteiger partial charge in [-0.3, -0.25) is 14.5 Å². The second-order valence-electron chi connectivity index (χ2n) is 6.49. The van der Waals surface area contributed by atoms with E-state index in [1.165, 1.54) is 0 Å². The molecule has 6 nitrogen and oxygen atoms in total. The average Bonchev–Trinajstić information content (AvgIpc) is 3.06. The lowest BCUT2D eigenvalue weighted by molar-refractivity contribution is -0.121. The van der Waals surface area contributed by atoms with Gasteiger partial charge in [-0.25, -0.2) is 4.79 Å². The number of ether oxygens (including phenoxy) is 1. The first-order valence-electron chi connectivity index (χ1n) is 8.93. The van der Waals surface area contributed by atoms with Crippen LogP contribution in [0.25, 0.3) is 0 Å². The van der Waals surface area contributed by atoms with Crippen molar-refractivity contribution in [2.24, 2.45) is 0 Å². The van der Waals surface area contributed by atoms with Gasteiger partial charge < -0.3 is 10.1 Å². The number of aryl methyl sites for hydroxylation is 1. The van der Waals surface area contributed by atoms with Crippen LogP contribution in [0.15, 0.2) is 54.6 Å². The molecule has 1 saturated heterocycles. The monoisotopic (exact) mass is 366 g/mol. The highest BCUT2D eigenvalue weighted by molar-refractivity contribution is 5.99. The zero-order valence-corrected chi connectivity index (χ0v) is 15.2. The van der Waals surface area contributed by atoms with Crippen LogP contribution in [0.1, 0.15) is 28.8 Å². The molecule has 0 spiro atoms. The number of para-hydroxylation sites is 1. The molecular weight excluding hydrogens is 344 g/mol. The first kappa shape index (κ1) is 18.6. The molecule has 0 aliphatic carbocycles. The molecule has 1 fully saturated rings. The number of Topliss-reactive ketones (excluding diaryl/α,β-unsaturated/α-hetero) is 1. The third-order valence-electron chi connectivity index (χ3n) is 4.49. The van der Waals surface area contributed by atoms with Gasteiger partial charge in [0, 0.05) is 24.1 Å². The van der Waals surface area contributed by atoms with E-state index in [0.717, 1.165) is 11.3 Å². The maximum Gasteiger partial charge on any atom is 0.414 e. The molecule has 1 heterocycles. The van der Waals surface area contributed by atoms with Gasteiger partial charge in [0.25, 0.3) is 0 Å². The summed E-state index contributed by atoms with van der Waals surface area (Å²) in [6.07, 6.45) is -0.572. The highest BCUT2D eigenvalue weighted by Gasteiger charge is 2.32. The molecule has 27 heavy (non-hydrogen) atoms. The number of carbonyl (C=O) groups excluding carboxylic acids is 3. The number of anilines is 1. The summed E-state index contributed by atoms with van der Waals surface area (Å²) in [4.78, 5) is 37.8. The number of cyclic esters (lactones) is 1. The summed E-state index contributed by atoms with van der Waals surface area (Å²) in [6.45, 7) is 2.48. The van der Waals surface area contributed by atoms with Crippen molar-refractivity contribution in [2.75, 3.05) is 18.0 Å². The molecule has 140 valence electrons. The van der Waals surface area contributed by atoms with Crippen molar-refractivity contribution in [3.05, 3.63) is 65.7 Å². The first-order chi connectivity index (χ1) is 13.0. The predicted octanol–water partition coefficient (Wildman–Crippen LogP) is 3.10. The lowest BCUT2D eigenvalue weighted by atomic mass is 10.0. The molecule has 1 aliphatic rings. The molecule has 1 atom stereocenters. The van der Waals surface area contributed by atoms with Crippen LogP contribution < -0.4 is 10.2 Å². The molecule has 0 bridgehead atoms. The van der Waals surface area contributed by atoms with E-state index >= 15 is 0 Å². The Morgan fingerprint density at radius 1 is 1.07 bits per heavy atom. The summed E-state index contributed by atoms with van der Waals surface area (Å²) in [5.41, 5.74) is 2.32. The Balaban J connectivity index is 1.44. The van der Waals surface area contributed by atoms with Crippen molar-refractivity contribution >= 4 is 23.5 Å². The van der Waals surface area contributed by atoms with E-state index in [-0.39, 0.29) is 31.1 Å². The molecule has 3 rings (SSSR count). The Hall–Kier alpha value is -3.15. The summed E-state index contributed by atoms with van der Waals surface area (Å²) in [5, 5.41) is 2.74. The second kappa shape index (κ2) is 8.49. The lowest BCUT2D eigenvalue weighted by Crippen LogP contribution is -2.34. The number of hydrogen-bond donors (Lipinski definition) is 1. The van der Waals surface area contributed by atoms with Crippen molar-refractivity contribution in [3.63, 3.8) is 0 Å². The maximum atomic E-state index is 12.2. The quantitative estimate of drug-likeness (QED) is 0.764. The highest BCUT2D eigenvalue weighted by Crippen LogP contribution is 2.20. The summed E-state index contributed by atoms with van der Waals surface area (Å²) in [5.74, 6) is -0.281. The molecule has 2 aromatic rings. The molecular formula is C21H22N2O4. The maximum absolute atomic E-state index is 12.2. The molecule has 1 N–H and O–H groups in total.